The largest absolute Gasteiger partial charge is 0.484 e. The second kappa shape index (κ2) is 9.24. The molecule has 3 heterocycles. The number of hydrogen-bond acceptors (Lipinski definition) is 6. The molecule has 0 aliphatic carbocycles. The molecule has 7 heteroatoms. The Bertz CT molecular complexity index is 888. The number of carbonyl (C=O) groups is 1. The van der Waals surface area contributed by atoms with E-state index in [2.05, 4.69) is 39.9 Å². The maximum absolute atomic E-state index is 12.5. The second-order valence-corrected chi connectivity index (χ2v) is 8.90. The van der Waals surface area contributed by atoms with Gasteiger partial charge in [0.2, 0.25) is 0 Å². The number of piperidine rings is 1. The van der Waals surface area contributed by atoms with Crippen molar-refractivity contribution in [2.24, 2.45) is 5.92 Å². The van der Waals surface area contributed by atoms with Gasteiger partial charge in [0.05, 0.1) is 0 Å². The molecule has 1 amide bonds. The van der Waals surface area contributed by atoms with E-state index in [1.54, 1.807) is 6.20 Å². The van der Waals surface area contributed by atoms with Gasteiger partial charge >= 0.3 is 0 Å². The molecule has 2 aliphatic rings. The van der Waals surface area contributed by atoms with E-state index in [-0.39, 0.29) is 18.1 Å². The van der Waals surface area contributed by atoms with Crippen LogP contribution in [0.4, 0.5) is 0 Å². The summed E-state index contributed by atoms with van der Waals surface area (Å²) in [7, 11) is 0. The number of ether oxygens (including phenoxy) is 2. The van der Waals surface area contributed by atoms with Crippen molar-refractivity contribution in [1.82, 2.24) is 15.6 Å². The Labute approximate surface area is 183 Å². The fourth-order valence-corrected chi connectivity index (χ4v) is 4.12. The van der Waals surface area contributed by atoms with E-state index in [4.69, 9.17) is 9.47 Å². The van der Waals surface area contributed by atoms with Crippen LogP contribution in [0.25, 0.3) is 0 Å². The monoisotopic (exact) mass is 425 g/mol. The summed E-state index contributed by atoms with van der Waals surface area (Å²) in [5.74, 6) is 1.24. The van der Waals surface area contributed by atoms with E-state index in [9.17, 15) is 9.90 Å². The first-order chi connectivity index (χ1) is 14.9. The summed E-state index contributed by atoms with van der Waals surface area (Å²) < 4.78 is 11.8. The van der Waals surface area contributed by atoms with E-state index in [1.807, 2.05) is 12.1 Å². The van der Waals surface area contributed by atoms with Gasteiger partial charge in [0.15, 0.2) is 11.9 Å². The maximum Gasteiger partial charge on any atom is 0.257 e. The Balaban J connectivity index is 1.44. The molecule has 1 aromatic heterocycles. The van der Waals surface area contributed by atoms with Crippen molar-refractivity contribution in [3.8, 4) is 11.6 Å². The third-order valence-corrected chi connectivity index (χ3v) is 6.01. The van der Waals surface area contributed by atoms with Crippen molar-refractivity contribution in [3.05, 3.63) is 53.7 Å². The molecule has 2 atom stereocenters. The summed E-state index contributed by atoms with van der Waals surface area (Å²) in [6.45, 7) is 5.39. The van der Waals surface area contributed by atoms with Crippen molar-refractivity contribution in [1.29, 1.82) is 0 Å². The number of aliphatic hydroxyl groups is 1. The van der Waals surface area contributed by atoms with Gasteiger partial charge in [-0.25, -0.2) is 4.98 Å². The Kier molecular flexibility index (Phi) is 6.43. The number of nitrogens with zero attached hydrogens (tertiary/aromatic N) is 1. The fourth-order valence-electron chi connectivity index (χ4n) is 4.12. The summed E-state index contributed by atoms with van der Waals surface area (Å²) >= 11 is 0. The number of hydrogen-bond donors (Lipinski definition) is 3. The van der Waals surface area contributed by atoms with Gasteiger partial charge in [0, 0.05) is 12.2 Å². The Hall–Kier alpha value is -2.64. The molecule has 0 radical (unpaired) electrons. The minimum Gasteiger partial charge on any atom is -0.484 e. The normalized spacial score (nSPS) is 20.2. The number of fused-ring (bicyclic) bond motifs is 1. The zero-order valence-electron chi connectivity index (χ0n) is 18.1. The van der Waals surface area contributed by atoms with Crippen LogP contribution in [0.1, 0.15) is 43.9 Å². The number of benzene rings is 1. The number of amides is 1. The highest BCUT2D eigenvalue weighted by atomic mass is 16.6. The molecule has 1 saturated heterocycles. The predicted molar refractivity (Wildman–Crippen MR) is 117 cm³/mol. The number of aromatic nitrogens is 1. The number of nitrogens with one attached hydrogen (secondary N) is 2. The molecule has 1 unspecified atom stereocenters. The molecule has 1 aromatic carbocycles. The maximum atomic E-state index is 12.5. The van der Waals surface area contributed by atoms with E-state index < -0.39 is 5.60 Å². The van der Waals surface area contributed by atoms with Crippen LogP contribution >= 0.6 is 0 Å². The van der Waals surface area contributed by atoms with E-state index in [0.29, 0.717) is 24.2 Å². The molecule has 0 spiro atoms. The molecule has 0 bridgehead atoms. The lowest BCUT2D eigenvalue weighted by Crippen LogP contribution is -2.51. The number of rotatable bonds is 6. The SMILES string of the molecule is CC(C)(O)C(=O)NC(Cc1ccc([C@H]2COc3cccnc3O2)cc1)C1CCNCC1. The van der Waals surface area contributed by atoms with Crippen LogP contribution < -0.4 is 20.1 Å². The summed E-state index contributed by atoms with van der Waals surface area (Å²) in [4.78, 5) is 16.7. The molecule has 166 valence electrons. The zero-order valence-corrected chi connectivity index (χ0v) is 18.1. The Morgan fingerprint density at radius 2 is 2.00 bits per heavy atom. The summed E-state index contributed by atoms with van der Waals surface area (Å²) in [5, 5.41) is 16.6. The number of carbonyl (C=O) groups excluding carboxylic acids is 1. The minimum absolute atomic E-state index is 0.0165. The van der Waals surface area contributed by atoms with Gasteiger partial charge in [-0.15, -0.1) is 0 Å². The molecule has 7 nitrogen and oxygen atoms in total. The summed E-state index contributed by atoms with van der Waals surface area (Å²) in [6.07, 6.45) is 4.23. The minimum atomic E-state index is -1.39. The highest BCUT2D eigenvalue weighted by Gasteiger charge is 2.31. The average molecular weight is 426 g/mol. The van der Waals surface area contributed by atoms with Gasteiger partial charge in [-0.2, -0.15) is 0 Å². The fraction of sp³-hybridized carbons (Fsp3) is 0.500. The molecular weight excluding hydrogens is 394 g/mol. The lowest BCUT2D eigenvalue weighted by molar-refractivity contribution is -0.137. The lowest BCUT2D eigenvalue weighted by Gasteiger charge is -2.33. The van der Waals surface area contributed by atoms with Crippen molar-refractivity contribution < 1.29 is 19.4 Å². The van der Waals surface area contributed by atoms with Crippen LogP contribution in [0.5, 0.6) is 11.6 Å². The van der Waals surface area contributed by atoms with Gasteiger partial charge in [-0.1, -0.05) is 24.3 Å². The standard InChI is InChI=1S/C24H31N3O4/c1-24(2,29)23(28)27-19(17-9-12-25-13-10-17)14-16-5-7-18(8-6-16)21-15-30-20-4-3-11-26-22(20)31-21/h3-8,11,17,19,21,25,29H,9-10,12-15H2,1-2H3,(H,27,28)/t19?,21-/m1/s1. The van der Waals surface area contributed by atoms with Crippen LogP contribution in [-0.4, -0.2) is 47.3 Å². The Morgan fingerprint density at radius 1 is 1.26 bits per heavy atom. The number of pyridine rings is 1. The van der Waals surface area contributed by atoms with Crippen molar-refractivity contribution in [2.75, 3.05) is 19.7 Å². The Morgan fingerprint density at radius 3 is 2.71 bits per heavy atom. The van der Waals surface area contributed by atoms with E-state index >= 15 is 0 Å². The first-order valence-corrected chi connectivity index (χ1v) is 11.0. The highest BCUT2D eigenvalue weighted by Crippen LogP contribution is 2.34. The topological polar surface area (TPSA) is 92.7 Å². The van der Waals surface area contributed by atoms with Gasteiger partial charge in [-0.3, -0.25) is 4.79 Å². The van der Waals surface area contributed by atoms with E-state index in [0.717, 1.165) is 43.5 Å². The molecule has 2 aliphatic heterocycles. The van der Waals surface area contributed by atoms with Crippen molar-refractivity contribution >= 4 is 5.91 Å². The summed E-state index contributed by atoms with van der Waals surface area (Å²) in [5.41, 5.74) is 0.773. The average Bonchev–Trinajstić information content (AvgIpc) is 2.78. The van der Waals surface area contributed by atoms with Gasteiger partial charge in [0.25, 0.3) is 11.8 Å². The van der Waals surface area contributed by atoms with E-state index in [1.165, 1.54) is 13.8 Å². The summed E-state index contributed by atoms with van der Waals surface area (Å²) in [6, 6.07) is 11.9. The van der Waals surface area contributed by atoms with Gasteiger partial charge in [-0.05, 0) is 75.4 Å². The third-order valence-electron chi connectivity index (χ3n) is 6.01. The van der Waals surface area contributed by atoms with Crippen LogP contribution in [0, 0.1) is 5.92 Å². The molecular formula is C24H31N3O4. The second-order valence-electron chi connectivity index (χ2n) is 8.90. The smallest absolute Gasteiger partial charge is 0.257 e. The first kappa shape index (κ1) is 21.6. The van der Waals surface area contributed by atoms with Crippen molar-refractivity contribution in [3.63, 3.8) is 0 Å². The molecule has 2 aromatic rings. The van der Waals surface area contributed by atoms with Crippen LogP contribution in [0.2, 0.25) is 0 Å². The zero-order chi connectivity index (χ0) is 21.8. The quantitative estimate of drug-likeness (QED) is 0.658. The van der Waals surface area contributed by atoms with Crippen LogP contribution in [0.3, 0.4) is 0 Å². The first-order valence-electron chi connectivity index (χ1n) is 11.0. The van der Waals surface area contributed by atoms with Gasteiger partial charge in [0.1, 0.15) is 12.2 Å². The van der Waals surface area contributed by atoms with Gasteiger partial charge < -0.3 is 25.2 Å². The molecule has 1 fully saturated rings. The third kappa shape index (κ3) is 5.35. The van der Waals surface area contributed by atoms with Crippen LogP contribution in [-0.2, 0) is 11.2 Å². The molecule has 3 N–H and O–H groups in total. The molecule has 4 rings (SSSR count). The lowest BCUT2D eigenvalue weighted by atomic mass is 9.86. The highest BCUT2D eigenvalue weighted by molar-refractivity contribution is 5.84. The van der Waals surface area contributed by atoms with Crippen molar-refractivity contribution in [2.45, 2.75) is 50.9 Å². The molecule has 0 saturated carbocycles. The predicted octanol–water partition coefficient (Wildman–Crippen LogP) is 2.39. The van der Waals surface area contributed by atoms with Crippen LogP contribution in [0.15, 0.2) is 42.6 Å². The molecule has 31 heavy (non-hydrogen) atoms.